The molecule has 8 heteroatoms. The highest BCUT2D eigenvalue weighted by molar-refractivity contribution is 8.00. The Labute approximate surface area is 202 Å². The molecule has 1 unspecified atom stereocenters. The van der Waals surface area contributed by atoms with Gasteiger partial charge in [0.05, 0.1) is 17.8 Å². The fourth-order valence-electron chi connectivity index (χ4n) is 4.00. The Bertz CT molecular complexity index is 1470. The molecule has 0 spiro atoms. The van der Waals surface area contributed by atoms with Gasteiger partial charge in [0, 0.05) is 11.4 Å². The molecule has 0 aromatic heterocycles. The summed E-state index contributed by atoms with van der Waals surface area (Å²) < 4.78 is 34.1. The van der Waals surface area contributed by atoms with E-state index >= 15 is 0 Å². The minimum atomic E-state index is -3.78. The van der Waals surface area contributed by atoms with E-state index in [1.165, 1.54) is 11.8 Å². The largest absolute Gasteiger partial charge is 0.497 e. The normalized spacial score (nSPS) is 16.1. The van der Waals surface area contributed by atoms with Gasteiger partial charge in [-0.1, -0.05) is 42.5 Å². The summed E-state index contributed by atoms with van der Waals surface area (Å²) in [5, 5.41) is 1.58. The number of carbonyl (C=O) groups excluding carboxylic acids is 1. The van der Waals surface area contributed by atoms with Crippen LogP contribution in [0.25, 0.3) is 10.8 Å². The molecule has 4 aromatic carbocycles. The Hall–Kier alpha value is -3.49. The van der Waals surface area contributed by atoms with Gasteiger partial charge in [-0.15, -0.1) is 11.8 Å². The molecule has 6 nitrogen and oxygen atoms in total. The van der Waals surface area contributed by atoms with E-state index in [0.717, 1.165) is 22.0 Å². The first kappa shape index (κ1) is 22.3. The SMILES string of the molecule is COc1ccc(N2C(=O)CSC2c2cccc(NS(=O)(=O)c3ccc4ccccc4c3)c2)cc1. The summed E-state index contributed by atoms with van der Waals surface area (Å²) in [6.45, 7) is 0. The molecule has 0 bridgehead atoms. The van der Waals surface area contributed by atoms with Crippen molar-refractivity contribution in [1.82, 2.24) is 0 Å². The molecule has 0 saturated carbocycles. The molecule has 1 aliphatic rings. The molecule has 0 radical (unpaired) electrons. The second kappa shape index (κ2) is 9.04. The quantitative estimate of drug-likeness (QED) is 0.390. The zero-order valence-corrected chi connectivity index (χ0v) is 20.0. The maximum atomic E-state index is 13.1. The number of rotatable bonds is 6. The highest BCUT2D eigenvalue weighted by atomic mass is 32.2. The van der Waals surface area contributed by atoms with Crippen molar-refractivity contribution in [1.29, 1.82) is 0 Å². The number of sulfonamides is 1. The van der Waals surface area contributed by atoms with E-state index in [-0.39, 0.29) is 16.2 Å². The summed E-state index contributed by atoms with van der Waals surface area (Å²) in [6.07, 6.45) is 0. The summed E-state index contributed by atoms with van der Waals surface area (Å²) in [7, 11) is -2.18. The number of anilines is 2. The summed E-state index contributed by atoms with van der Waals surface area (Å²) >= 11 is 1.51. The lowest BCUT2D eigenvalue weighted by atomic mass is 10.1. The van der Waals surface area contributed by atoms with E-state index in [1.54, 1.807) is 48.4 Å². The molecular weight excluding hydrogens is 468 g/mol. The third kappa shape index (κ3) is 4.34. The highest BCUT2D eigenvalue weighted by Crippen LogP contribution is 2.42. The van der Waals surface area contributed by atoms with Crippen molar-refractivity contribution in [2.75, 3.05) is 22.5 Å². The molecule has 1 heterocycles. The van der Waals surface area contributed by atoms with Crippen molar-refractivity contribution in [3.8, 4) is 5.75 Å². The Kier molecular flexibility index (Phi) is 5.93. The van der Waals surface area contributed by atoms with E-state index in [0.29, 0.717) is 17.2 Å². The molecular formula is C26H22N2O4S2. The van der Waals surface area contributed by atoms with Crippen LogP contribution in [0.2, 0.25) is 0 Å². The van der Waals surface area contributed by atoms with Crippen LogP contribution in [0.15, 0.2) is 95.9 Å². The first-order valence-electron chi connectivity index (χ1n) is 10.6. The summed E-state index contributed by atoms with van der Waals surface area (Å²) in [6, 6.07) is 27.2. The highest BCUT2D eigenvalue weighted by Gasteiger charge is 2.34. The van der Waals surface area contributed by atoms with E-state index in [1.807, 2.05) is 54.6 Å². The Morgan fingerprint density at radius 1 is 0.912 bits per heavy atom. The van der Waals surface area contributed by atoms with Crippen LogP contribution in [0.5, 0.6) is 5.75 Å². The van der Waals surface area contributed by atoms with Crippen molar-refractivity contribution in [3.63, 3.8) is 0 Å². The number of methoxy groups -OCH3 is 1. The lowest BCUT2D eigenvalue weighted by molar-refractivity contribution is -0.115. The zero-order chi connectivity index (χ0) is 23.7. The van der Waals surface area contributed by atoms with E-state index in [4.69, 9.17) is 4.74 Å². The number of nitrogens with one attached hydrogen (secondary N) is 1. The fraction of sp³-hybridized carbons (Fsp3) is 0.115. The Balaban J connectivity index is 1.42. The minimum absolute atomic E-state index is 0.00214. The maximum Gasteiger partial charge on any atom is 0.261 e. The van der Waals surface area contributed by atoms with Crippen LogP contribution in [0.1, 0.15) is 10.9 Å². The average molecular weight is 491 g/mol. The van der Waals surface area contributed by atoms with Gasteiger partial charge in [-0.25, -0.2) is 8.42 Å². The van der Waals surface area contributed by atoms with Crippen LogP contribution in [-0.2, 0) is 14.8 Å². The molecule has 1 atom stereocenters. The van der Waals surface area contributed by atoms with E-state index in [2.05, 4.69) is 4.72 Å². The number of amides is 1. The first-order valence-corrected chi connectivity index (χ1v) is 13.2. The van der Waals surface area contributed by atoms with Crippen molar-refractivity contribution in [2.45, 2.75) is 10.3 Å². The third-order valence-electron chi connectivity index (χ3n) is 5.67. The number of carbonyl (C=O) groups is 1. The Morgan fingerprint density at radius 2 is 1.68 bits per heavy atom. The topological polar surface area (TPSA) is 75.7 Å². The Morgan fingerprint density at radius 3 is 2.44 bits per heavy atom. The van der Waals surface area contributed by atoms with E-state index < -0.39 is 10.0 Å². The van der Waals surface area contributed by atoms with Crippen LogP contribution < -0.4 is 14.4 Å². The number of fused-ring (bicyclic) bond motifs is 1. The molecule has 1 fully saturated rings. The van der Waals surface area contributed by atoms with Crippen LogP contribution in [0, 0.1) is 0 Å². The second-order valence-corrected chi connectivity index (χ2v) is 10.6. The molecule has 5 rings (SSSR count). The zero-order valence-electron chi connectivity index (χ0n) is 18.3. The molecule has 1 aliphatic heterocycles. The summed E-state index contributed by atoms with van der Waals surface area (Å²) in [5.41, 5.74) is 2.05. The molecule has 0 aliphatic carbocycles. The van der Waals surface area contributed by atoms with Gasteiger partial charge in [0.15, 0.2) is 0 Å². The van der Waals surface area contributed by atoms with Crippen molar-refractivity contribution < 1.29 is 17.9 Å². The van der Waals surface area contributed by atoms with Crippen LogP contribution >= 0.6 is 11.8 Å². The van der Waals surface area contributed by atoms with Crippen molar-refractivity contribution in [2.24, 2.45) is 0 Å². The summed E-state index contributed by atoms with van der Waals surface area (Å²) in [5.74, 6) is 1.07. The van der Waals surface area contributed by atoms with Crippen molar-refractivity contribution in [3.05, 3.63) is 96.6 Å². The molecule has 1 N–H and O–H groups in total. The number of ether oxygens (including phenoxy) is 1. The van der Waals surface area contributed by atoms with Gasteiger partial charge in [0.1, 0.15) is 11.1 Å². The smallest absolute Gasteiger partial charge is 0.261 e. The number of benzene rings is 4. The van der Waals surface area contributed by atoms with Crippen LogP contribution in [0.4, 0.5) is 11.4 Å². The van der Waals surface area contributed by atoms with Crippen LogP contribution in [0.3, 0.4) is 0 Å². The van der Waals surface area contributed by atoms with Gasteiger partial charge in [-0.2, -0.15) is 0 Å². The van der Waals surface area contributed by atoms with Crippen LogP contribution in [-0.4, -0.2) is 27.2 Å². The monoisotopic (exact) mass is 490 g/mol. The standard InChI is InChI=1S/C26H22N2O4S2/c1-32-23-12-10-22(11-13-23)28-25(29)17-33-26(28)20-7-4-8-21(15-20)27-34(30,31)24-14-9-18-5-2-3-6-19(18)16-24/h2-16,26-27H,17H2,1H3. The predicted molar refractivity (Wildman–Crippen MR) is 137 cm³/mol. The molecule has 1 amide bonds. The molecule has 172 valence electrons. The van der Waals surface area contributed by atoms with E-state index in [9.17, 15) is 13.2 Å². The maximum absolute atomic E-state index is 13.1. The number of hydrogen-bond donors (Lipinski definition) is 1. The molecule has 4 aromatic rings. The third-order valence-corrected chi connectivity index (χ3v) is 8.27. The summed E-state index contributed by atoms with van der Waals surface area (Å²) in [4.78, 5) is 14.6. The molecule has 34 heavy (non-hydrogen) atoms. The van der Waals surface area contributed by atoms with Gasteiger partial charge in [0.2, 0.25) is 5.91 Å². The lowest BCUT2D eigenvalue weighted by Gasteiger charge is -2.25. The average Bonchev–Trinajstić information content (AvgIpc) is 3.25. The van der Waals surface area contributed by atoms with Gasteiger partial charge >= 0.3 is 0 Å². The number of nitrogens with zero attached hydrogens (tertiary/aromatic N) is 1. The number of hydrogen-bond acceptors (Lipinski definition) is 5. The fourth-order valence-corrected chi connectivity index (χ4v) is 6.25. The van der Waals surface area contributed by atoms with Gasteiger partial charge in [-0.05, 0) is 64.9 Å². The second-order valence-electron chi connectivity index (χ2n) is 7.87. The van der Waals surface area contributed by atoms with Gasteiger partial charge in [-0.3, -0.25) is 14.4 Å². The number of thioether (sulfide) groups is 1. The van der Waals surface area contributed by atoms with Crippen molar-refractivity contribution >= 4 is 49.8 Å². The predicted octanol–water partition coefficient (Wildman–Crippen LogP) is 5.43. The minimum Gasteiger partial charge on any atom is -0.497 e. The lowest BCUT2D eigenvalue weighted by Crippen LogP contribution is -2.27. The van der Waals surface area contributed by atoms with Gasteiger partial charge in [0.25, 0.3) is 10.0 Å². The van der Waals surface area contributed by atoms with Gasteiger partial charge < -0.3 is 4.74 Å². The first-order chi connectivity index (χ1) is 16.4. The molecule has 1 saturated heterocycles.